The summed E-state index contributed by atoms with van der Waals surface area (Å²) in [6.07, 6.45) is 13.0. The van der Waals surface area contributed by atoms with Crippen LogP contribution in [0, 0.1) is 16.4 Å². The first-order chi connectivity index (χ1) is 15.1. The van der Waals surface area contributed by atoms with E-state index in [0.717, 1.165) is 46.9 Å². The van der Waals surface area contributed by atoms with Crippen molar-refractivity contribution in [2.75, 3.05) is 0 Å². The molecule has 1 fully saturated rings. The van der Waals surface area contributed by atoms with Gasteiger partial charge in [0.15, 0.2) is 16.1 Å². The van der Waals surface area contributed by atoms with Gasteiger partial charge in [-0.15, -0.1) is 0 Å². The van der Waals surface area contributed by atoms with Crippen LogP contribution in [0.15, 0.2) is 34.7 Å². The van der Waals surface area contributed by atoms with Crippen molar-refractivity contribution in [1.29, 1.82) is 0 Å². The van der Waals surface area contributed by atoms with Crippen molar-refractivity contribution in [3.8, 4) is 0 Å². The molecule has 1 saturated carbocycles. The van der Waals surface area contributed by atoms with E-state index in [9.17, 15) is 0 Å². The number of hydrogen-bond acceptors (Lipinski definition) is 2. The molecule has 2 aromatic carbocycles. The van der Waals surface area contributed by atoms with E-state index in [-0.39, 0.29) is 5.82 Å². The number of fused-ring (bicyclic) bond motifs is 3. The van der Waals surface area contributed by atoms with E-state index in [4.69, 9.17) is 16.6 Å². The maximum atomic E-state index is 15.3. The van der Waals surface area contributed by atoms with Gasteiger partial charge in [-0.2, -0.15) is 0 Å². The normalized spacial score (nSPS) is 19.3. The Bertz CT molecular complexity index is 1090. The Morgan fingerprint density at radius 1 is 0.903 bits per heavy atom. The van der Waals surface area contributed by atoms with E-state index >= 15 is 4.39 Å². The van der Waals surface area contributed by atoms with Crippen LogP contribution < -0.4 is 0 Å². The second-order valence-corrected chi connectivity index (χ2v) is 9.77. The van der Waals surface area contributed by atoms with Crippen molar-refractivity contribution in [2.24, 2.45) is 5.92 Å². The summed E-state index contributed by atoms with van der Waals surface area (Å²) in [4.78, 5) is 0. The molecule has 0 spiro atoms. The lowest BCUT2D eigenvalue weighted by molar-refractivity contribution is 0.319. The van der Waals surface area contributed by atoms with Crippen molar-refractivity contribution >= 4 is 34.0 Å². The molecule has 31 heavy (non-hydrogen) atoms. The van der Waals surface area contributed by atoms with Crippen LogP contribution in [0.1, 0.15) is 95.1 Å². The molecule has 1 heterocycles. The molecular formula is C28H35FOS. The summed E-state index contributed by atoms with van der Waals surface area (Å²) >= 11 is 5.58. The molecule has 0 N–H and O–H groups in total. The van der Waals surface area contributed by atoms with E-state index in [1.165, 1.54) is 56.9 Å². The maximum Gasteiger partial charge on any atom is 0.198 e. The molecule has 0 radical (unpaired) electrons. The minimum atomic E-state index is -0.233. The quantitative estimate of drug-likeness (QED) is 0.197. The number of halogens is 1. The first-order valence-corrected chi connectivity index (χ1v) is 12.7. The third-order valence-corrected chi connectivity index (χ3v) is 7.67. The molecule has 3 aromatic rings. The molecule has 1 nitrogen and oxygen atoms in total. The van der Waals surface area contributed by atoms with Gasteiger partial charge in [-0.25, -0.2) is 4.39 Å². The van der Waals surface area contributed by atoms with E-state index in [0.29, 0.717) is 16.2 Å². The monoisotopic (exact) mass is 438 g/mol. The molecule has 0 atom stereocenters. The first-order valence-electron chi connectivity index (χ1n) is 12.3. The van der Waals surface area contributed by atoms with Crippen LogP contribution in [0.4, 0.5) is 4.39 Å². The van der Waals surface area contributed by atoms with E-state index in [2.05, 4.69) is 32.0 Å². The predicted octanol–water partition coefficient (Wildman–Crippen LogP) is 9.65. The molecule has 0 saturated heterocycles. The number of hydrogen-bond donors (Lipinski definition) is 0. The van der Waals surface area contributed by atoms with Crippen molar-refractivity contribution in [2.45, 2.75) is 90.4 Å². The maximum absolute atomic E-state index is 15.3. The van der Waals surface area contributed by atoms with Gasteiger partial charge in [-0.05, 0) is 85.2 Å². The van der Waals surface area contributed by atoms with E-state index in [1.807, 2.05) is 12.1 Å². The van der Waals surface area contributed by atoms with Crippen molar-refractivity contribution < 1.29 is 8.81 Å². The smallest absolute Gasteiger partial charge is 0.198 e. The third-order valence-electron chi connectivity index (χ3n) is 7.37. The van der Waals surface area contributed by atoms with Gasteiger partial charge < -0.3 is 4.42 Å². The Labute approximate surface area is 191 Å². The van der Waals surface area contributed by atoms with Gasteiger partial charge >= 0.3 is 0 Å². The summed E-state index contributed by atoms with van der Waals surface area (Å²) in [6.45, 7) is 4.51. The molecule has 0 aliphatic heterocycles. The average Bonchev–Trinajstić information content (AvgIpc) is 2.80. The Kier molecular flexibility index (Phi) is 7.43. The van der Waals surface area contributed by atoms with E-state index in [1.54, 1.807) is 0 Å². The fourth-order valence-corrected chi connectivity index (χ4v) is 5.54. The zero-order valence-electron chi connectivity index (χ0n) is 19.0. The molecule has 0 amide bonds. The first kappa shape index (κ1) is 22.5. The third kappa shape index (κ3) is 4.87. The minimum Gasteiger partial charge on any atom is -0.441 e. The van der Waals surface area contributed by atoms with Gasteiger partial charge in [0, 0.05) is 10.8 Å². The van der Waals surface area contributed by atoms with Crippen LogP contribution >= 0.6 is 12.2 Å². The molecule has 1 aliphatic rings. The lowest BCUT2D eigenvalue weighted by Gasteiger charge is -2.28. The van der Waals surface area contributed by atoms with Crippen molar-refractivity contribution in [1.82, 2.24) is 0 Å². The summed E-state index contributed by atoms with van der Waals surface area (Å²) in [6, 6.07) is 10.5. The second-order valence-electron chi connectivity index (χ2n) is 9.40. The highest BCUT2D eigenvalue weighted by Gasteiger charge is 2.22. The lowest BCUT2D eigenvalue weighted by atomic mass is 9.77. The minimum absolute atomic E-state index is 0.233. The lowest BCUT2D eigenvalue weighted by Crippen LogP contribution is -2.12. The largest absolute Gasteiger partial charge is 0.441 e. The van der Waals surface area contributed by atoms with Crippen LogP contribution in [-0.4, -0.2) is 0 Å². The predicted molar refractivity (Wildman–Crippen MR) is 132 cm³/mol. The van der Waals surface area contributed by atoms with Crippen LogP contribution in [0.3, 0.4) is 0 Å². The van der Waals surface area contributed by atoms with Gasteiger partial charge in [0.1, 0.15) is 0 Å². The summed E-state index contributed by atoms with van der Waals surface area (Å²) < 4.78 is 21.6. The SMILES string of the molecule is CCCCCCCc1ccc2c(oc(=S)c3cc(C4CCC(CC)CC4)ccc32)c1F. The number of aryl methyl sites for hydroxylation is 1. The second kappa shape index (κ2) is 10.3. The molecular weight excluding hydrogens is 403 g/mol. The molecule has 4 rings (SSSR count). The molecule has 1 aliphatic carbocycles. The van der Waals surface area contributed by atoms with Crippen LogP contribution in [0.5, 0.6) is 0 Å². The average molecular weight is 439 g/mol. The molecule has 1 aromatic heterocycles. The van der Waals surface area contributed by atoms with Crippen LogP contribution in [-0.2, 0) is 6.42 Å². The number of benzene rings is 2. The topological polar surface area (TPSA) is 13.1 Å². The molecule has 3 heteroatoms. The zero-order chi connectivity index (χ0) is 21.8. The Balaban J connectivity index is 1.62. The highest BCUT2D eigenvalue weighted by Crippen LogP contribution is 2.39. The van der Waals surface area contributed by atoms with Crippen molar-refractivity contribution in [3.05, 3.63) is 52.0 Å². The van der Waals surface area contributed by atoms with Crippen LogP contribution in [0.25, 0.3) is 21.7 Å². The highest BCUT2D eigenvalue weighted by atomic mass is 32.1. The molecule has 166 valence electrons. The molecule has 0 bridgehead atoms. The summed E-state index contributed by atoms with van der Waals surface area (Å²) in [5, 5.41) is 2.78. The van der Waals surface area contributed by atoms with Gasteiger partial charge in [0.25, 0.3) is 0 Å². The van der Waals surface area contributed by atoms with E-state index < -0.39 is 0 Å². The van der Waals surface area contributed by atoms with Gasteiger partial charge in [0.05, 0.1) is 0 Å². The van der Waals surface area contributed by atoms with Crippen molar-refractivity contribution in [3.63, 3.8) is 0 Å². The number of rotatable bonds is 8. The fraction of sp³-hybridized carbons (Fsp3) is 0.536. The van der Waals surface area contributed by atoms with Gasteiger partial charge in [0.2, 0.25) is 0 Å². The Morgan fingerprint density at radius 2 is 1.65 bits per heavy atom. The van der Waals surface area contributed by atoms with Gasteiger partial charge in [-0.1, -0.05) is 70.2 Å². The fourth-order valence-electron chi connectivity index (χ4n) is 5.29. The summed E-state index contributed by atoms with van der Waals surface area (Å²) in [5.74, 6) is 1.25. The summed E-state index contributed by atoms with van der Waals surface area (Å²) in [5.41, 5.74) is 2.41. The Morgan fingerprint density at radius 3 is 2.39 bits per heavy atom. The van der Waals surface area contributed by atoms with Crippen LogP contribution in [0.2, 0.25) is 0 Å². The number of unbranched alkanes of at least 4 members (excludes halogenated alkanes) is 4. The molecule has 0 unspecified atom stereocenters. The van der Waals surface area contributed by atoms with Gasteiger partial charge in [-0.3, -0.25) is 0 Å². The summed E-state index contributed by atoms with van der Waals surface area (Å²) in [7, 11) is 0. The zero-order valence-corrected chi connectivity index (χ0v) is 19.8. The Hall–Kier alpha value is -1.74. The standard InChI is InChI=1S/C28H35FOS/c1-3-5-6-7-8-9-21-14-17-24-23-16-15-22(20-12-10-19(4-2)11-13-20)18-25(23)28(31)30-27(24)26(21)29/h14-20H,3-13H2,1-2H3. The highest BCUT2D eigenvalue weighted by molar-refractivity contribution is 7.71.